The zero-order valence-electron chi connectivity index (χ0n) is 16.5. The summed E-state index contributed by atoms with van der Waals surface area (Å²) in [5.41, 5.74) is 9.42. The normalized spacial score (nSPS) is 11.5. The quantitative estimate of drug-likeness (QED) is 0.402. The van der Waals surface area contributed by atoms with Crippen LogP contribution in [-0.4, -0.2) is 27.1 Å². The first-order chi connectivity index (χ1) is 14.4. The minimum atomic E-state index is -0.526. The van der Waals surface area contributed by atoms with Crippen molar-refractivity contribution in [1.82, 2.24) is 14.5 Å². The minimum Gasteiger partial charge on any atom is -0.462 e. The van der Waals surface area contributed by atoms with Crippen molar-refractivity contribution in [2.45, 2.75) is 20.3 Å². The molecule has 154 valence electrons. The van der Waals surface area contributed by atoms with Gasteiger partial charge in [0, 0.05) is 0 Å². The molecule has 0 aliphatic carbocycles. The van der Waals surface area contributed by atoms with Gasteiger partial charge < -0.3 is 10.5 Å². The fraction of sp³-hybridized carbons (Fsp3) is 0.227. The van der Waals surface area contributed by atoms with Crippen LogP contribution in [0.1, 0.15) is 30.6 Å². The molecule has 2 N–H and O–H groups in total. The van der Waals surface area contributed by atoms with Crippen molar-refractivity contribution in [1.29, 1.82) is 0 Å². The van der Waals surface area contributed by atoms with Crippen LogP contribution in [0.5, 0.6) is 0 Å². The fourth-order valence-corrected chi connectivity index (χ4v) is 3.50. The second-order valence-corrected chi connectivity index (χ2v) is 8.21. The van der Waals surface area contributed by atoms with E-state index in [4.69, 9.17) is 38.7 Å². The second-order valence-electron chi connectivity index (χ2n) is 7.40. The topological polar surface area (TPSA) is 83.0 Å². The molecule has 2 heterocycles. The molecule has 0 saturated carbocycles. The number of ether oxygens (including phenoxy) is 1. The molecule has 0 unspecified atom stereocenters. The van der Waals surface area contributed by atoms with Crippen molar-refractivity contribution in [2.75, 3.05) is 12.3 Å². The van der Waals surface area contributed by atoms with Gasteiger partial charge >= 0.3 is 5.97 Å². The average molecular weight is 443 g/mol. The molecule has 2 aromatic carbocycles. The Bertz CT molecular complexity index is 1270. The Kier molecular flexibility index (Phi) is 5.54. The summed E-state index contributed by atoms with van der Waals surface area (Å²) >= 11 is 12.3. The lowest BCUT2D eigenvalue weighted by atomic mass is 10.1. The second kappa shape index (κ2) is 8.13. The number of hydrogen-bond acceptors (Lipinski definition) is 5. The van der Waals surface area contributed by atoms with E-state index in [1.54, 1.807) is 22.8 Å². The molecule has 0 bridgehead atoms. The zero-order valence-corrected chi connectivity index (χ0v) is 18.0. The number of carbonyl (C=O) groups excluding carboxylic acids is 1. The summed E-state index contributed by atoms with van der Waals surface area (Å²) in [6.07, 6.45) is 0.756. The van der Waals surface area contributed by atoms with Crippen molar-refractivity contribution in [3.8, 4) is 5.69 Å². The molecule has 0 fully saturated rings. The number of rotatable bonds is 5. The van der Waals surface area contributed by atoms with Crippen LogP contribution in [0.4, 0.5) is 5.82 Å². The van der Waals surface area contributed by atoms with E-state index in [0.29, 0.717) is 50.5 Å². The lowest BCUT2D eigenvalue weighted by Gasteiger charge is -2.09. The molecule has 0 radical (unpaired) electrons. The number of nitrogen functional groups attached to an aromatic ring is 1. The van der Waals surface area contributed by atoms with Gasteiger partial charge in [-0.2, -0.15) is 0 Å². The number of anilines is 1. The molecule has 4 aromatic rings. The van der Waals surface area contributed by atoms with E-state index in [9.17, 15) is 4.79 Å². The number of fused-ring (bicyclic) bond motifs is 2. The van der Waals surface area contributed by atoms with E-state index >= 15 is 0 Å². The van der Waals surface area contributed by atoms with Gasteiger partial charge in [0.1, 0.15) is 16.9 Å². The molecule has 2 aromatic heterocycles. The zero-order chi connectivity index (χ0) is 21.4. The minimum absolute atomic E-state index is 0.188. The number of nitrogens with two attached hydrogens (primary N) is 1. The third kappa shape index (κ3) is 3.68. The highest BCUT2D eigenvalue weighted by Crippen LogP contribution is 2.33. The molecule has 0 spiro atoms. The number of benzene rings is 2. The van der Waals surface area contributed by atoms with Gasteiger partial charge in [-0.25, -0.2) is 14.8 Å². The van der Waals surface area contributed by atoms with Gasteiger partial charge in [-0.3, -0.25) is 4.57 Å². The molecule has 0 atom stereocenters. The number of nitrogens with zero attached hydrogens (tertiary/aromatic N) is 3. The Morgan fingerprint density at radius 2 is 1.80 bits per heavy atom. The number of aromatic nitrogens is 3. The van der Waals surface area contributed by atoms with Gasteiger partial charge in [0.15, 0.2) is 5.65 Å². The van der Waals surface area contributed by atoms with Crippen molar-refractivity contribution in [2.24, 2.45) is 5.92 Å². The number of para-hydroxylation sites is 2. The van der Waals surface area contributed by atoms with Crippen LogP contribution in [0, 0.1) is 5.92 Å². The van der Waals surface area contributed by atoms with Gasteiger partial charge in [-0.05, 0) is 42.7 Å². The standard InChI is InChI=1S/C22H20Cl2N4O2/c1-12(2)9-10-30-22(29)18-19-21(27-17-6-4-3-5-16(17)26-19)28(20(18)25)13-7-8-14(23)15(24)11-13/h3-8,11-12H,9-10,25H2,1-2H3. The Hall–Kier alpha value is -2.83. The van der Waals surface area contributed by atoms with Crippen molar-refractivity contribution < 1.29 is 9.53 Å². The van der Waals surface area contributed by atoms with Crippen LogP contribution >= 0.6 is 23.2 Å². The van der Waals surface area contributed by atoms with Crippen LogP contribution in [-0.2, 0) is 4.74 Å². The summed E-state index contributed by atoms with van der Waals surface area (Å²) < 4.78 is 7.13. The molecule has 6 nitrogen and oxygen atoms in total. The predicted octanol–water partition coefficient (Wildman–Crippen LogP) is 5.67. The lowest BCUT2D eigenvalue weighted by molar-refractivity contribution is 0.0491. The third-order valence-corrected chi connectivity index (χ3v) is 5.53. The SMILES string of the molecule is CC(C)CCOC(=O)c1c(N)n(-c2ccc(Cl)c(Cl)c2)c2nc3ccccc3nc12. The van der Waals surface area contributed by atoms with Crippen molar-refractivity contribution >= 4 is 57.2 Å². The number of halogens is 2. The van der Waals surface area contributed by atoms with Crippen molar-refractivity contribution in [3.63, 3.8) is 0 Å². The van der Waals surface area contributed by atoms with Gasteiger partial charge in [0.2, 0.25) is 0 Å². The van der Waals surface area contributed by atoms with Crippen LogP contribution < -0.4 is 5.73 Å². The van der Waals surface area contributed by atoms with Gasteiger partial charge in [0.25, 0.3) is 0 Å². The predicted molar refractivity (Wildman–Crippen MR) is 121 cm³/mol. The highest BCUT2D eigenvalue weighted by molar-refractivity contribution is 6.42. The highest BCUT2D eigenvalue weighted by Gasteiger charge is 2.26. The molecule has 8 heteroatoms. The molecule has 0 amide bonds. The number of carbonyl (C=O) groups is 1. The van der Waals surface area contributed by atoms with E-state index in [0.717, 1.165) is 6.42 Å². The average Bonchev–Trinajstić information content (AvgIpc) is 2.98. The summed E-state index contributed by atoms with van der Waals surface area (Å²) in [5.74, 6) is 0.0752. The summed E-state index contributed by atoms with van der Waals surface area (Å²) in [6.45, 7) is 4.43. The Balaban J connectivity index is 1.94. The Morgan fingerprint density at radius 3 is 2.47 bits per heavy atom. The first-order valence-electron chi connectivity index (χ1n) is 9.56. The maximum Gasteiger partial charge on any atom is 0.344 e. The van der Waals surface area contributed by atoms with E-state index < -0.39 is 5.97 Å². The highest BCUT2D eigenvalue weighted by atomic mass is 35.5. The summed E-state index contributed by atoms with van der Waals surface area (Å²) in [4.78, 5) is 22.3. The summed E-state index contributed by atoms with van der Waals surface area (Å²) in [6, 6.07) is 12.5. The lowest BCUT2D eigenvalue weighted by Crippen LogP contribution is -2.11. The molecule has 0 aliphatic heterocycles. The number of esters is 1. The monoisotopic (exact) mass is 442 g/mol. The molecular formula is C22H20Cl2N4O2. The molecule has 0 saturated heterocycles. The maximum absolute atomic E-state index is 12.9. The van der Waals surface area contributed by atoms with E-state index in [2.05, 4.69) is 18.8 Å². The van der Waals surface area contributed by atoms with Gasteiger partial charge in [-0.15, -0.1) is 0 Å². The van der Waals surface area contributed by atoms with E-state index in [1.165, 1.54) is 0 Å². The van der Waals surface area contributed by atoms with Gasteiger partial charge in [0.05, 0.1) is 33.4 Å². The molecular weight excluding hydrogens is 423 g/mol. The van der Waals surface area contributed by atoms with Gasteiger partial charge in [-0.1, -0.05) is 49.2 Å². The van der Waals surface area contributed by atoms with Crippen LogP contribution in [0.15, 0.2) is 42.5 Å². The van der Waals surface area contributed by atoms with Crippen LogP contribution in [0.3, 0.4) is 0 Å². The van der Waals surface area contributed by atoms with Crippen LogP contribution in [0.25, 0.3) is 27.9 Å². The fourth-order valence-electron chi connectivity index (χ4n) is 3.21. The summed E-state index contributed by atoms with van der Waals surface area (Å²) in [5, 5.41) is 0.783. The third-order valence-electron chi connectivity index (χ3n) is 4.79. The Labute approximate surface area is 183 Å². The first-order valence-corrected chi connectivity index (χ1v) is 10.3. The summed E-state index contributed by atoms with van der Waals surface area (Å²) in [7, 11) is 0. The van der Waals surface area contributed by atoms with Crippen molar-refractivity contribution in [3.05, 3.63) is 58.1 Å². The molecule has 4 rings (SSSR count). The molecule has 30 heavy (non-hydrogen) atoms. The molecule has 0 aliphatic rings. The first kappa shape index (κ1) is 20.4. The smallest absolute Gasteiger partial charge is 0.344 e. The van der Waals surface area contributed by atoms with E-state index in [-0.39, 0.29) is 11.4 Å². The largest absolute Gasteiger partial charge is 0.462 e. The van der Waals surface area contributed by atoms with E-state index in [1.807, 2.05) is 24.3 Å². The van der Waals surface area contributed by atoms with Crippen LogP contribution in [0.2, 0.25) is 10.0 Å². The maximum atomic E-state index is 12.9. The Morgan fingerprint density at radius 1 is 1.10 bits per heavy atom. The number of hydrogen-bond donors (Lipinski definition) is 1.